The van der Waals surface area contributed by atoms with Crippen LogP contribution in [0, 0.1) is 5.82 Å². The van der Waals surface area contributed by atoms with Crippen LogP contribution in [0.25, 0.3) is 5.69 Å². The fourth-order valence-corrected chi connectivity index (χ4v) is 4.20. The van der Waals surface area contributed by atoms with E-state index in [-0.39, 0.29) is 34.5 Å². The fraction of sp³-hybridized carbons (Fsp3) is 0.318. The molecule has 0 radical (unpaired) electrons. The molecule has 184 valence electrons. The maximum Gasteiger partial charge on any atom is 0.377 e. The van der Waals surface area contributed by atoms with Gasteiger partial charge in [0.1, 0.15) is 17.2 Å². The number of nitrogens with one attached hydrogen (secondary N) is 1. The highest BCUT2D eigenvalue weighted by atomic mass is 19.1. The zero-order valence-electron chi connectivity index (χ0n) is 19.0. The van der Waals surface area contributed by atoms with E-state index in [1.54, 1.807) is 11.5 Å². The molecule has 1 aromatic heterocycles. The summed E-state index contributed by atoms with van der Waals surface area (Å²) in [4.78, 5) is 40.2. The number of hydrogen-bond acceptors (Lipinski definition) is 8. The molecule has 1 aliphatic rings. The summed E-state index contributed by atoms with van der Waals surface area (Å²) in [6.07, 6.45) is 3.04. The van der Waals surface area contributed by atoms with E-state index in [0.717, 1.165) is 18.9 Å². The van der Waals surface area contributed by atoms with Crippen LogP contribution in [-0.2, 0) is 0 Å². The Hall–Kier alpha value is -4.26. The second kappa shape index (κ2) is 9.93. The van der Waals surface area contributed by atoms with E-state index in [2.05, 4.69) is 10.4 Å². The third-order valence-electron chi connectivity index (χ3n) is 5.85. The fourth-order valence-electron chi connectivity index (χ4n) is 4.20. The zero-order chi connectivity index (χ0) is 25.1. The average molecular weight is 486 g/mol. The smallest absolute Gasteiger partial charge is 0.377 e. The van der Waals surface area contributed by atoms with Crippen LogP contribution in [0.3, 0.4) is 0 Å². The van der Waals surface area contributed by atoms with Crippen molar-refractivity contribution in [3.63, 3.8) is 0 Å². The monoisotopic (exact) mass is 486 g/mol. The molecule has 13 heteroatoms. The average Bonchev–Trinajstić information content (AvgIpc) is 3.53. The first-order valence-corrected chi connectivity index (χ1v) is 10.7. The Kier molecular flexibility index (Phi) is 6.78. The Morgan fingerprint density at radius 3 is 2.49 bits per heavy atom. The number of nitrogens with zero attached hydrogens (tertiary/aromatic N) is 5. The van der Waals surface area contributed by atoms with E-state index in [9.17, 15) is 18.8 Å². The SMILES string of the molecule is COc1ccc(N(C(=O)n2nnn(-c3c(F)cccc3OC)c2=O)C2CCCC2)cc1C(=O)NO. The molecule has 1 heterocycles. The summed E-state index contributed by atoms with van der Waals surface area (Å²) in [7, 11) is 2.67. The van der Waals surface area contributed by atoms with Crippen molar-refractivity contribution in [2.24, 2.45) is 0 Å². The predicted octanol–water partition coefficient (Wildman–Crippen LogP) is 2.12. The van der Waals surface area contributed by atoms with E-state index in [1.807, 2.05) is 0 Å². The number of rotatable bonds is 6. The summed E-state index contributed by atoms with van der Waals surface area (Å²) in [5.74, 6) is -1.41. The number of benzene rings is 2. The molecular formula is C22H23FN6O6. The van der Waals surface area contributed by atoms with Crippen molar-refractivity contribution in [2.45, 2.75) is 31.7 Å². The van der Waals surface area contributed by atoms with Crippen LogP contribution in [-0.4, -0.2) is 57.2 Å². The highest BCUT2D eigenvalue weighted by molar-refractivity contribution is 5.99. The minimum absolute atomic E-state index is 0.0182. The largest absolute Gasteiger partial charge is 0.496 e. The van der Waals surface area contributed by atoms with Gasteiger partial charge in [0.05, 0.1) is 19.8 Å². The number of amides is 2. The number of ether oxygens (including phenoxy) is 2. The molecule has 0 spiro atoms. The van der Waals surface area contributed by atoms with Crippen LogP contribution < -0.4 is 25.5 Å². The Balaban J connectivity index is 1.80. The van der Waals surface area contributed by atoms with Gasteiger partial charge in [-0.25, -0.2) is 19.5 Å². The first-order valence-electron chi connectivity index (χ1n) is 10.7. The van der Waals surface area contributed by atoms with E-state index in [1.165, 1.54) is 43.4 Å². The van der Waals surface area contributed by atoms with Gasteiger partial charge >= 0.3 is 11.7 Å². The van der Waals surface area contributed by atoms with Crippen molar-refractivity contribution in [1.82, 2.24) is 25.3 Å². The van der Waals surface area contributed by atoms with Gasteiger partial charge in [0.15, 0.2) is 5.82 Å². The number of anilines is 1. The van der Waals surface area contributed by atoms with Gasteiger partial charge in [-0.15, -0.1) is 4.68 Å². The van der Waals surface area contributed by atoms with Gasteiger partial charge in [-0.3, -0.25) is 14.9 Å². The van der Waals surface area contributed by atoms with E-state index in [0.29, 0.717) is 22.2 Å². The topological polar surface area (TPSA) is 141 Å². The molecule has 1 aliphatic carbocycles. The Morgan fingerprint density at radius 2 is 1.83 bits per heavy atom. The van der Waals surface area contributed by atoms with Crippen LogP contribution in [0.2, 0.25) is 0 Å². The van der Waals surface area contributed by atoms with Crippen LogP contribution in [0.15, 0.2) is 41.2 Å². The number of halogens is 1. The number of aromatic nitrogens is 4. The number of carbonyl (C=O) groups is 2. The number of hydroxylamine groups is 1. The maximum atomic E-state index is 14.5. The van der Waals surface area contributed by atoms with Gasteiger partial charge in [0.2, 0.25) is 0 Å². The minimum Gasteiger partial charge on any atom is -0.496 e. The van der Waals surface area contributed by atoms with Gasteiger partial charge in [0.25, 0.3) is 5.91 Å². The molecule has 0 atom stereocenters. The Bertz CT molecular complexity index is 1320. The molecule has 2 aromatic carbocycles. The molecule has 12 nitrogen and oxygen atoms in total. The molecule has 3 aromatic rings. The molecule has 0 aliphatic heterocycles. The molecule has 2 amide bonds. The number of tetrazole rings is 1. The number of carbonyl (C=O) groups excluding carboxylic acids is 2. The van der Waals surface area contributed by atoms with Gasteiger partial charge in [-0.2, -0.15) is 4.68 Å². The normalized spacial score (nSPS) is 13.5. The summed E-state index contributed by atoms with van der Waals surface area (Å²) in [6.45, 7) is 0. The third-order valence-corrected chi connectivity index (χ3v) is 5.85. The zero-order valence-corrected chi connectivity index (χ0v) is 19.0. The first kappa shape index (κ1) is 23.9. The van der Waals surface area contributed by atoms with Gasteiger partial charge in [0, 0.05) is 11.7 Å². The van der Waals surface area contributed by atoms with E-state index >= 15 is 0 Å². The van der Waals surface area contributed by atoms with Crippen LogP contribution in [0.5, 0.6) is 11.5 Å². The molecular weight excluding hydrogens is 463 g/mol. The molecule has 1 saturated carbocycles. The van der Waals surface area contributed by atoms with E-state index in [4.69, 9.17) is 14.7 Å². The predicted molar refractivity (Wildman–Crippen MR) is 120 cm³/mol. The molecule has 0 bridgehead atoms. The summed E-state index contributed by atoms with van der Waals surface area (Å²) in [5, 5.41) is 16.5. The summed E-state index contributed by atoms with van der Waals surface area (Å²) in [6, 6.07) is 7.25. The van der Waals surface area contributed by atoms with E-state index < -0.39 is 23.4 Å². The molecule has 0 unspecified atom stereocenters. The number of hydrogen-bond donors (Lipinski definition) is 2. The highest BCUT2D eigenvalue weighted by Crippen LogP contribution is 2.32. The van der Waals surface area contributed by atoms with Crippen LogP contribution >= 0.6 is 0 Å². The van der Waals surface area contributed by atoms with Crippen molar-refractivity contribution >= 4 is 17.6 Å². The lowest BCUT2D eigenvalue weighted by atomic mass is 10.1. The van der Waals surface area contributed by atoms with Crippen molar-refractivity contribution in [3.05, 3.63) is 58.3 Å². The van der Waals surface area contributed by atoms with Crippen molar-refractivity contribution in [1.29, 1.82) is 0 Å². The third kappa shape index (κ3) is 4.33. The summed E-state index contributed by atoms with van der Waals surface area (Å²) in [5.41, 5.74) is 0.537. The van der Waals surface area contributed by atoms with Crippen molar-refractivity contribution < 1.29 is 28.7 Å². The molecule has 0 saturated heterocycles. The first-order chi connectivity index (χ1) is 16.9. The van der Waals surface area contributed by atoms with Crippen molar-refractivity contribution in [2.75, 3.05) is 19.1 Å². The second-order valence-electron chi connectivity index (χ2n) is 7.79. The number of para-hydroxylation sites is 1. The van der Waals surface area contributed by atoms with Crippen LogP contribution in [0.4, 0.5) is 14.9 Å². The summed E-state index contributed by atoms with van der Waals surface area (Å²) < 4.78 is 26.0. The van der Waals surface area contributed by atoms with Crippen molar-refractivity contribution in [3.8, 4) is 17.2 Å². The van der Waals surface area contributed by atoms with Crippen LogP contribution in [0.1, 0.15) is 36.0 Å². The van der Waals surface area contributed by atoms with Gasteiger partial charge in [-0.05, 0) is 53.6 Å². The lowest BCUT2D eigenvalue weighted by Gasteiger charge is -2.28. The second-order valence-corrected chi connectivity index (χ2v) is 7.79. The molecule has 1 fully saturated rings. The molecule has 2 N–H and O–H groups in total. The maximum absolute atomic E-state index is 14.5. The quantitative estimate of drug-likeness (QED) is 0.307. The molecule has 35 heavy (non-hydrogen) atoms. The minimum atomic E-state index is -0.997. The van der Waals surface area contributed by atoms with Gasteiger partial charge < -0.3 is 9.47 Å². The Morgan fingerprint density at radius 1 is 1.11 bits per heavy atom. The molecule has 4 rings (SSSR count). The van der Waals surface area contributed by atoms with Gasteiger partial charge in [-0.1, -0.05) is 18.9 Å². The summed E-state index contributed by atoms with van der Waals surface area (Å²) >= 11 is 0. The lowest BCUT2D eigenvalue weighted by Crippen LogP contribution is -2.46. The standard InChI is InChI=1S/C22H23FN6O6/c1-34-17-11-10-14(12-15(17)20(30)24-33)27(13-6-3-4-7-13)21(31)29-22(32)28(25-26-29)19-16(23)8-5-9-18(19)35-2/h5,8-13,33H,3-4,6-7H2,1-2H3,(H,24,30). The Labute approximate surface area is 198 Å². The highest BCUT2D eigenvalue weighted by Gasteiger charge is 2.33. The number of methoxy groups -OCH3 is 2. The lowest BCUT2D eigenvalue weighted by molar-refractivity contribution is 0.0703.